The number of carbonyl (C=O) groups is 2. The number of nitrogens with one attached hydrogen (secondary N) is 1. The highest BCUT2D eigenvalue weighted by Crippen LogP contribution is 2.31. The number of pyridine rings is 1. The first kappa shape index (κ1) is 20.2. The molecule has 164 valence electrons. The Kier molecular flexibility index (Phi) is 4.88. The molecule has 4 heterocycles. The minimum absolute atomic E-state index is 0.217. The highest BCUT2D eigenvalue weighted by atomic mass is 19.1. The number of rotatable bonds is 4. The van der Waals surface area contributed by atoms with E-state index in [4.69, 9.17) is 0 Å². The molecular formula is C23H23FN6O2. The topological polar surface area (TPSA) is 84.5 Å². The first-order chi connectivity index (χ1) is 15.4. The number of aromatic nitrogens is 4. The van der Waals surface area contributed by atoms with Gasteiger partial charge in [-0.2, -0.15) is 5.10 Å². The first-order valence-electron chi connectivity index (χ1n) is 10.7. The fourth-order valence-electron chi connectivity index (χ4n) is 4.20. The van der Waals surface area contributed by atoms with E-state index in [2.05, 4.69) is 20.3 Å². The summed E-state index contributed by atoms with van der Waals surface area (Å²) in [7, 11) is 0. The van der Waals surface area contributed by atoms with Gasteiger partial charge in [0, 0.05) is 68.2 Å². The van der Waals surface area contributed by atoms with Gasteiger partial charge in [0.2, 0.25) is 0 Å². The molecule has 1 amide bonds. The molecule has 0 aliphatic carbocycles. The van der Waals surface area contributed by atoms with Crippen molar-refractivity contribution in [2.24, 2.45) is 0 Å². The van der Waals surface area contributed by atoms with Crippen LogP contribution in [0.25, 0.3) is 16.6 Å². The molecule has 0 radical (unpaired) electrons. The Hall–Kier alpha value is -3.75. The number of carbonyl (C=O) groups excluding carboxylic acids is 2. The van der Waals surface area contributed by atoms with E-state index in [0.717, 1.165) is 11.1 Å². The predicted molar refractivity (Wildman–Crippen MR) is 120 cm³/mol. The summed E-state index contributed by atoms with van der Waals surface area (Å²) in [6, 6.07) is 4.91. The molecule has 0 bridgehead atoms. The van der Waals surface area contributed by atoms with Gasteiger partial charge < -0.3 is 14.6 Å². The number of halogens is 1. The second kappa shape index (κ2) is 7.74. The largest absolute Gasteiger partial charge is 0.370 e. The van der Waals surface area contributed by atoms with Crippen molar-refractivity contribution in [2.45, 2.75) is 33.2 Å². The van der Waals surface area contributed by atoms with E-state index in [-0.39, 0.29) is 17.3 Å². The zero-order valence-electron chi connectivity index (χ0n) is 17.9. The minimum atomic E-state index is -0.508. The molecule has 8 nitrogen and oxygen atoms in total. The summed E-state index contributed by atoms with van der Waals surface area (Å²) < 4.78 is 17.8. The maximum absolute atomic E-state index is 14.4. The Labute approximate surface area is 183 Å². The SMILES string of the molecule is CCn1cc2c(N3CCC(=O)CC3)ccc(C(=O)Nc3cc(F)c4nc(C)cn4c3)c2n1. The van der Waals surface area contributed by atoms with Crippen molar-refractivity contribution in [3.63, 3.8) is 0 Å². The van der Waals surface area contributed by atoms with Gasteiger partial charge in [0.15, 0.2) is 11.5 Å². The number of Topliss-reactive ketones (excluding diaryl/α,β-unsaturated/α-hetero) is 1. The summed E-state index contributed by atoms with van der Waals surface area (Å²) in [5, 5.41) is 8.26. The summed E-state index contributed by atoms with van der Waals surface area (Å²) >= 11 is 0. The monoisotopic (exact) mass is 434 g/mol. The van der Waals surface area contributed by atoms with Crippen molar-refractivity contribution in [1.29, 1.82) is 0 Å². The first-order valence-corrected chi connectivity index (χ1v) is 10.7. The molecule has 1 aliphatic rings. The van der Waals surface area contributed by atoms with Crippen LogP contribution in [-0.4, -0.2) is 43.9 Å². The van der Waals surface area contributed by atoms with E-state index >= 15 is 0 Å². The molecule has 3 aromatic heterocycles. The van der Waals surface area contributed by atoms with Crippen LogP contribution in [0.15, 0.2) is 36.8 Å². The molecule has 0 atom stereocenters. The Bertz CT molecular complexity index is 1360. The van der Waals surface area contributed by atoms with Crippen LogP contribution in [-0.2, 0) is 11.3 Å². The fraction of sp³-hybridized carbons (Fsp3) is 0.304. The van der Waals surface area contributed by atoms with E-state index in [1.807, 2.05) is 19.2 Å². The normalized spacial score (nSPS) is 14.5. The van der Waals surface area contributed by atoms with Gasteiger partial charge in [0.05, 0.1) is 16.9 Å². The van der Waals surface area contributed by atoms with Gasteiger partial charge in [-0.1, -0.05) is 0 Å². The van der Waals surface area contributed by atoms with E-state index in [9.17, 15) is 14.0 Å². The highest BCUT2D eigenvalue weighted by molar-refractivity contribution is 6.14. The zero-order valence-corrected chi connectivity index (χ0v) is 17.9. The van der Waals surface area contributed by atoms with Crippen LogP contribution in [0.5, 0.6) is 0 Å². The summed E-state index contributed by atoms with van der Waals surface area (Å²) in [6.45, 7) is 5.73. The number of piperidine rings is 1. The van der Waals surface area contributed by atoms with Crippen LogP contribution in [0, 0.1) is 12.7 Å². The van der Waals surface area contributed by atoms with Crippen molar-refractivity contribution in [2.75, 3.05) is 23.3 Å². The molecule has 5 rings (SSSR count). The average molecular weight is 434 g/mol. The molecule has 0 unspecified atom stereocenters. The van der Waals surface area contributed by atoms with Crippen molar-refractivity contribution >= 4 is 39.6 Å². The number of nitrogens with zero attached hydrogens (tertiary/aromatic N) is 5. The summed E-state index contributed by atoms with van der Waals surface area (Å²) in [6.07, 6.45) is 6.31. The smallest absolute Gasteiger partial charge is 0.257 e. The maximum atomic E-state index is 14.4. The third-order valence-corrected chi connectivity index (χ3v) is 5.82. The van der Waals surface area contributed by atoms with Crippen LogP contribution in [0.4, 0.5) is 15.8 Å². The molecule has 9 heteroatoms. The minimum Gasteiger partial charge on any atom is -0.370 e. The number of anilines is 2. The standard InChI is InChI=1S/C23H23FN6O2/c1-3-30-13-18-20(28-8-6-16(31)7-9-28)5-4-17(21(18)27-30)23(32)26-15-10-19(24)22-25-14(2)11-29(22)12-15/h4-5,10-13H,3,6-9H2,1-2H3,(H,26,32). The van der Waals surface area contributed by atoms with Gasteiger partial charge in [0.25, 0.3) is 5.91 Å². The maximum Gasteiger partial charge on any atom is 0.257 e. The second-order valence-corrected chi connectivity index (χ2v) is 8.05. The zero-order chi connectivity index (χ0) is 22.4. The summed E-state index contributed by atoms with van der Waals surface area (Å²) in [5.74, 6) is -0.603. The number of fused-ring (bicyclic) bond motifs is 2. The molecule has 32 heavy (non-hydrogen) atoms. The van der Waals surface area contributed by atoms with E-state index in [1.54, 1.807) is 34.5 Å². The van der Waals surface area contributed by atoms with Gasteiger partial charge in [-0.25, -0.2) is 9.37 Å². The Morgan fingerprint density at radius 2 is 1.97 bits per heavy atom. The number of hydrogen-bond acceptors (Lipinski definition) is 5. The van der Waals surface area contributed by atoms with Crippen LogP contribution in [0.2, 0.25) is 0 Å². The van der Waals surface area contributed by atoms with Gasteiger partial charge in [-0.05, 0) is 26.0 Å². The Morgan fingerprint density at radius 1 is 1.19 bits per heavy atom. The average Bonchev–Trinajstić information content (AvgIpc) is 3.37. The molecule has 1 fully saturated rings. The molecule has 1 saturated heterocycles. The Balaban J connectivity index is 1.51. The predicted octanol–water partition coefficient (Wildman–Crippen LogP) is 3.57. The lowest BCUT2D eigenvalue weighted by Crippen LogP contribution is -2.33. The van der Waals surface area contributed by atoms with E-state index < -0.39 is 5.82 Å². The molecule has 1 aliphatic heterocycles. The quantitative estimate of drug-likeness (QED) is 0.531. The van der Waals surface area contributed by atoms with Gasteiger partial charge in [0.1, 0.15) is 11.3 Å². The lowest BCUT2D eigenvalue weighted by Gasteiger charge is -2.28. The molecule has 1 aromatic carbocycles. The van der Waals surface area contributed by atoms with Crippen molar-refractivity contribution in [3.8, 4) is 0 Å². The van der Waals surface area contributed by atoms with Gasteiger partial charge >= 0.3 is 0 Å². The number of ketones is 1. The number of aryl methyl sites for hydroxylation is 2. The number of imidazole rings is 1. The molecular weight excluding hydrogens is 411 g/mol. The number of hydrogen-bond donors (Lipinski definition) is 1. The molecule has 0 spiro atoms. The third-order valence-electron chi connectivity index (χ3n) is 5.82. The van der Waals surface area contributed by atoms with Crippen LogP contribution in [0.1, 0.15) is 35.8 Å². The van der Waals surface area contributed by atoms with Crippen LogP contribution in [0.3, 0.4) is 0 Å². The molecule has 4 aromatic rings. The summed E-state index contributed by atoms with van der Waals surface area (Å²) in [5.41, 5.74) is 3.19. The second-order valence-electron chi connectivity index (χ2n) is 8.05. The summed E-state index contributed by atoms with van der Waals surface area (Å²) in [4.78, 5) is 31.1. The van der Waals surface area contributed by atoms with Crippen molar-refractivity contribution in [1.82, 2.24) is 19.2 Å². The van der Waals surface area contributed by atoms with E-state index in [0.29, 0.717) is 54.9 Å². The highest BCUT2D eigenvalue weighted by Gasteiger charge is 2.22. The van der Waals surface area contributed by atoms with E-state index in [1.165, 1.54) is 6.07 Å². The fourth-order valence-corrected chi connectivity index (χ4v) is 4.20. The van der Waals surface area contributed by atoms with Crippen molar-refractivity contribution < 1.29 is 14.0 Å². The van der Waals surface area contributed by atoms with Gasteiger partial charge in [-0.15, -0.1) is 0 Å². The lowest BCUT2D eigenvalue weighted by atomic mass is 10.0. The van der Waals surface area contributed by atoms with Crippen molar-refractivity contribution in [3.05, 3.63) is 53.9 Å². The third kappa shape index (κ3) is 3.49. The lowest BCUT2D eigenvalue weighted by molar-refractivity contribution is -0.119. The van der Waals surface area contributed by atoms with Crippen LogP contribution >= 0.6 is 0 Å². The van der Waals surface area contributed by atoms with Crippen LogP contribution < -0.4 is 10.2 Å². The number of amides is 1. The molecule has 0 saturated carbocycles. The Morgan fingerprint density at radius 3 is 2.72 bits per heavy atom. The number of benzene rings is 1. The van der Waals surface area contributed by atoms with Gasteiger partial charge in [-0.3, -0.25) is 14.3 Å². The molecule has 1 N–H and O–H groups in total.